The Hall–Kier alpha value is -0.570. The Morgan fingerprint density at radius 1 is 0.800 bits per heavy atom. The summed E-state index contributed by atoms with van der Waals surface area (Å²) in [5, 5.41) is 0. The van der Waals surface area contributed by atoms with Crippen molar-refractivity contribution in [3.05, 3.63) is 0 Å². The second-order valence-corrected chi connectivity index (χ2v) is 7.83. The molecule has 3 heteroatoms. The van der Waals surface area contributed by atoms with E-state index in [9.17, 15) is 4.79 Å². The second kappa shape index (κ2) is 14.6. The van der Waals surface area contributed by atoms with Gasteiger partial charge in [0, 0.05) is 7.11 Å². The van der Waals surface area contributed by atoms with Crippen molar-refractivity contribution in [3.8, 4) is 0 Å². The summed E-state index contributed by atoms with van der Waals surface area (Å²) in [5.74, 6) is -0.105. The highest BCUT2D eigenvalue weighted by atomic mass is 16.6. The summed E-state index contributed by atoms with van der Waals surface area (Å²) in [5.41, 5.74) is 0. The Bertz CT molecular complexity index is 329. The number of carbonyl (C=O) groups excluding carboxylic acids is 1. The van der Waals surface area contributed by atoms with Crippen LogP contribution in [0.1, 0.15) is 110 Å². The molecule has 25 heavy (non-hydrogen) atoms. The van der Waals surface area contributed by atoms with Gasteiger partial charge in [-0.3, -0.25) is 4.79 Å². The quantitative estimate of drug-likeness (QED) is 0.236. The van der Waals surface area contributed by atoms with Crippen molar-refractivity contribution in [2.75, 3.05) is 7.11 Å². The van der Waals surface area contributed by atoms with Crippen molar-refractivity contribution in [2.24, 2.45) is 5.92 Å². The fourth-order valence-corrected chi connectivity index (χ4v) is 4.00. The molecule has 0 spiro atoms. The van der Waals surface area contributed by atoms with Gasteiger partial charge in [-0.1, -0.05) is 96.8 Å². The van der Waals surface area contributed by atoms with Gasteiger partial charge in [-0.2, -0.15) is 0 Å². The van der Waals surface area contributed by atoms with Crippen LogP contribution in [0, 0.1) is 5.92 Å². The van der Waals surface area contributed by atoms with Gasteiger partial charge < -0.3 is 9.47 Å². The first-order chi connectivity index (χ1) is 12.2. The Morgan fingerprint density at radius 2 is 1.24 bits per heavy atom. The molecule has 0 saturated carbocycles. The lowest BCUT2D eigenvalue weighted by molar-refractivity contribution is -0.143. The molecule has 0 unspecified atom stereocenters. The number of rotatable bonds is 16. The van der Waals surface area contributed by atoms with E-state index in [4.69, 9.17) is 9.47 Å². The number of methoxy groups -OCH3 is 1. The first-order valence-corrected chi connectivity index (χ1v) is 10.9. The minimum absolute atomic E-state index is 0.0441. The first-order valence-electron chi connectivity index (χ1n) is 10.9. The van der Waals surface area contributed by atoms with Crippen molar-refractivity contribution < 1.29 is 14.3 Å². The van der Waals surface area contributed by atoms with Crippen molar-refractivity contribution in [3.63, 3.8) is 0 Å². The zero-order valence-corrected chi connectivity index (χ0v) is 17.1. The molecule has 1 heterocycles. The van der Waals surface area contributed by atoms with E-state index < -0.39 is 0 Å². The molecular formula is C22H42O3. The average molecular weight is 355 g/mol. The lowest BCUT2D eigenvalue weighted by Gasteiger charge is -2.16. The number of hydrogen-bond acceptors (Lipinski definition) is 3. The molecule has 1 rings (SSSR count). The van der Waals surface area contributed by atoms with Gasteiger partial charge in [0.2, 0.25) is 0 Å². The predicted octanol–water partition coefficient (Wildman–Crippen LogP) is 6.43. The summed E-state index contributed by atoms with van der Waals surface area (Å²) in [4.78, 5) is 11.8. The van der Waals surface area contributed by atoms with Crippen LogP contribution in [0.4, 0.5) is 0 Å². The average Bonchev–Trinajstić information content (AvgIpc) is 2.88. The third-order valence-corrected chi connectivity index (χ3v) is 5.60. The molecule has 1 aliphatic heterocycles. The summed E-state index contributed by atoms with van der Waals surface area (Å²) in [6.07, 6.45) is 19.9. The normalized spacial score (nSPS) is 23.2. The number of ether oxygens (including phenoxy) is 2. The van der Waals surface area contributed by atoms with Crippen LogP contribution >= 0.6 is 0 Å². The van der Waals surface area contributed by atoms with E-state index in [1.54, 1.807) is 7.11 Å². The SMILES string of the molecule is CCCCCCCCCCCCCCCC[C@H]1C(=O)O[C@@H](C)[C@@H]1OC. The zero-order valence-electron chi connectivity index (χ0n) is 17.1. The van der Waals surface area contributed by atoms with Gasteiger partial charge in [-0.05, 0) is 13.3 Å². The fraction of sp³-hybridized carbons (Fsp3) is 0.955. The molecule has 0 amide bonds. The topological polar surface area (TPSA) is 35.5 Å². The number of cyclic esters (lactones) is 1. The van der Waals surface area contributed by atoms with Crippen LogP contribution in [0.5, 0.6) is 0 Å². The summed E-state index contributed by atoms with van der Waals surface area (Å²) in [6, 6.07) is 0. The Balaban J connectivity index is 1.85. The monoisotopic (exact) mass is 354 g/mol. The van der Waals surface area contributed by atoms with E-state index in [0.29, 0.717) is 0 Å². The second-order valence-electron chi connectivity index (χ2n) is 7.83. The minimum atomic E-state index is -0.0888. The summed E-state index contributed by atoms with van der Waals surface area (Å²) in [7, 11) is 1.68. The first kappa shape index (κ1) is 22.5. The minimum Gasteiger partial charge on any atom is -0.460 e. The van der Waals surface area contributed by atoms with Crippen molar-refractivity contribution in [1.29, 1.82) is 0 Å². The van der Waals surface area contributed by atoms with E-state index >= 15 is 0 Å². The maximum absolute atomic E-state index is 11.8. The van der Waals surface area contributed by atoms with Crippen LogP contribution in [0.2, 0.25) is 0 Å². The van der Waals surface area contributed by atoms with Gasteiger partial charge in [0.1, 0.15) is 12.2 Å². The highest BCUT2D eigenvalue weighted by Gasteiger charge is 2.41. The van der Waals surface area contributed by atoms with Gasteiger partial charge in [-0.15, -0.1) is 0 Å². The van der Waals surface area contributed by atoms with E-state index in [-0.39, 0.29) is 24.1 Å². The van der Waals surface area contributed by atoms with Crippen molar-refractivity contribution in [1.82, 2.24) is 0 Å². The number of esters is 1. The Labute approximate surface area is 156 Å². The van der Waals surface area contributed by atoms with Crippen LogP contribution in [0.25, 0.3) is 0 Å². The molecule has 1 saturated heterocycles. The van der Waals surface area contributed by atoms with Gasteiger partial charge in [0.05, 0.1) is 5.92 Å². The van der Waals surface area contributed by atoms with Gasteiger partial charge in [0.15, 0.2) is 0 Å². The highest BCUT2D eigenvalue weighted by molar-refractivity contribution is 5.75. The number of unbranched alkanes of at least 4 members (excludes halogenated alkanes) is 13. The molecule has 3 atom stereocenters. The number of hydrogen-bond donors (Lipinski definition) is 0. The van der Waals surface area contributed by atoms with Crippen LogP contribution in [-0.4, -0.2) is 25.3 Å². The Morgan fingerprint density at radius 3 is 1.68 bits per heavy atom. The molecule has 148 valence electrons. The molecule has 0 radical (unpaired) electrons. The molecule has 0 aromatic rings. The standard InChI is InChI=1S/C22H42O3/c1-4-5-6-7-8-9-10-11-12-13-14-15-16-17-18-20-21(24-3)19(2)25-22(20)23/h19-21H,4-18H2,1-3H3/t19-,20+,21-/m0/s1. The maximum Gasteiger partial charge on any atom is 0.312 e. The van der Waals surface area contributed by atoms with Crippen molar-refractivity contribution in [2.45, 2.75) is 122 Å². The summed E-state index contributed by atoms with van der Waals surface area (Å²) >= 11 is 0. The summed E-state index contributed by atoms with van der Waals surface area (Å²) in [6.45, 7) is 4.21. The van der Waals surface area contributed by atoms with E-state index in [1.165, 1.54) is 83.5 Å². The molecule has 0 bridgehead atoms. The smallest absolute Gasteiger partial charge is 0.312 e. The van der Waals surface area contributed by atoms with Crippen LogP contribution in [-0.2, 0) is 14.3 Å². The largest absolute Gasteiger partial charge is 0.460 e. The molecule has 1 fully saturated rings. The van der Waals surface area contributed by atoms with Gasteiger partial charge in [0.25, 0.3) is 0 Å². The lowest BCUT2D eigenvalue weighted by atomic mass is 9.94. The lowest BCUT2D eigenvalue weighted by Crippen LogP contribution is -2.27. The van der Waals surface area contributed by atoms with Crippen LogP contribution in [0.3, 0.4) is 0 Å². The molecule has 0 aliphatic carbocycles. The molecule has 3 nitrogen and oxygen atoms in total. The van der Waals surface area contributed by atoms with Gasteiger partial charge in [-0.25, -0.2) is 0 Å². The van der Waals surface area contributed by atoms with E-state index in [1.807, 2.05) is 6.92 Å². The maximum atomic E-state index is 11.8. The fourth-order valence-electron chi connectivity index (χ4n) is 4.00. The summed E-state index contributed by atoms with van der Waals surface area (Å²) < 4.78 is 10.7. The number of carbonyl (C=O) groups is 1. The van der Waals surface area contributed by atoms with Crippen molar-refractivity contribution >= 4 is 5.97 Å². The third-order valence-electron chi connectivity index (χ3n) is 5.60. The molecule has 0 aromatic carbocycles. The molecule has 1 aliphatic rings. The molecular weight excluding hydrogens is 312 g/mol. The predicted molar refractivity (Wildman–Crippen MR) is 105 cm³/mol. The highest BCUT2D eigenvalue weighted by Crippen LogP contribution is 2.28. The molecule has 0 N–H and O–H groups in total. The third kappa shape index (κ3) is 9.63. The van der Waals surface area contributed by atoms with E-state index in [2.05, 4.69) is 6.92 Å². The Kier molecular flexibility index (Phi) is 13.1. The van der Waals surface area contributed by atoms with E-state index in [0.717, 1.165) is 12.8 Å². The van der Waals surface area contributed by atoms with Crippen LogP contribution < -0.4 is 0 Å². The molecule has 0 aromatic heterocycles. The zero-order chi connectivity index (χ0) is 18.3. The van der Waals surface area contributed by atoms with Gasteiger partial charge >= 0.3 is 5.97 Å². The van der Waals surface area contributed by atoms with Crippen LogP contribution in [0.15, 0.2) is 0 Å².